The molecule has 70 valence electrons. The van der Waals surface area contributed by atoms with Crippen molar-refractivity contribution < 1.29 is 9.21 Å². The Balaban J connectivity index is 0.000000293. The van der Waals surface area contributed by atoms with E-state index >= 15 is 0 Å². The highest BCUT2D eigenvalue weighted by molar-refractivity contribution is 5.75. The molecule has 0 saturated heterocycles. The predicted octanol–water partition coefficient (Wildman–Crippen LogP) is 1.69. The third-order valence-corrected chi connectivity index (χ3v) is 1.53. The van der Waals surface area contributed by atoms with Gasteiger partial charge >= 0.3 is 5.63 Å². The Hall–Kier alpha value is -2.19. The second kappa shape index (κ2) is 4.74. The first-order valence-corrected chi connectivity index (χ1v) is 3.80. The summed E-state index contributed by atoms with van der Waals surface area (Å²) in [6.45, 7) is 0. The zero-order valence-corrected chi connectivity index (χ0v) is 7.19. The van der Waals surface area contributed by atoms with Crippen LogP contribution in [0.25, 0.3) is 11.0 Å². The number of benzene rings is 1. The Morgan fingerprint density at radius 3 is 2.50 bits per heavy atom. The molecule has 0 aliphatic heterocycles. The number of isocyanates is 1. The lowest BCUT2D eigenvalue weighted by Crippen LogP contribution is -1.93. The van der Waals surface area contributed by atoms with Gasteiger partial charge in [0, 0.05) is 11.5 Å². The zero-order valence-electron chi connectivity index (χ0n) is 7.19. The molecule has 14 heavy (non-hydrogen) atoms. The summed E-state index contributed by atoms with van der Waals surface area (Å²) in [5.74, 6) is 0. The summed E-state index contributed by atoms with van der Waals surface area (Å²) in [5.41, 5.74) is 0.337. The summed E-state index contributed by atoms with van der Waals surface area (Å²) in [4.78, 5) is 19.1. The summed E-state index contributed by atoms with van der Waals surface area (Å²) in [5, 5.41) is 6.35. The zero-order chi connectivity index (χ0) is 10.4. The fraction of sp³-hybridized carbons (Fsp3) is 0. The first-order chi connectivity index (χ1) is 6.77. The largest absolute Gasteiger partial charge is 0.423 e. The molecule has 4 nitrogen and oxygen atoms in total. The number of hydrogen-bond acceptors (Lipinski definition) is 4. The van der Waals surface area contributed by atoms with E-state index in [0.717, 1.165) is 11.5 Å². The van der Waals surface area contributed by atoms with Crippen LogP contribution in [0.5, 0.6) is 0 Å². The van der Waals surface area contributed by atoms with E-state index in [1.807, 2.05) is 18.2 Å². The Bertz CT molecular complexity index is 510. The van der Waals surface area contributed by atoms with E-state index in [4.69, 9.17) is 14.6 Å². The summed E-state index contributed by atoms with van der Waals surface area (Å²) >= 11 is 0. The summed E-state index contributed by atoms with van der Waals surface area (Å²) in [6.07, 6.45) is 0.750. The van der Waals surface area contributed by atoms with Crippen LogP contribution in [0.2, 0.25) is 0 Å². The molecule has 0 saturated carbocycles. The average Bonchev–Trinajstić information content (AvgIpc) is 2.19. The monoisotopic (exact) mass is 189 g/mol. The van der Waals surface area contributed by atoms with Gasteiger partial charge in [-0.3, -0.25) is 0 Å². The third-order valence-electron chi connectivity index (χ3n) is 1.53. The van der Waals surface area contributed by atoms with Gasteiger partial charge in [-0.25, -0.2) is 15.0 Å². The van der Waals surface area contributed by atoms with Crippen molar-refractivity contribution in [3.05, 3.63) is 46.8 Å². The van der Waals surface area contributed by atoms with Crippen LogP contribution >= 0.6 is 0 Å². The summed E-state index contributed by atoms with van der Waals surface area (Å²) in [7, 11) is 0. The fourth-order valence-electron chi connectivity index (χ4n) is 1.01. The molecule has 1 heterocycles. The van der Waals surface area contributed by atoms with Gasteiger partial charge in [-0.05, 0) is 12.1 Å². The molecule has 0 bridgehead atoms. The van der Waals surface area contributed by atoms with E-state index in [-0.39, 0.29) is 5.63 Å². The highest BCUT2D eigenvalue weighted by Gasteiger charge is 1.92. The standard InChI is InChI=1S/C9H6O2.CHNO/c10-9-6-5-7-3-1-2-4-8(7)11-9;2-1-3/h1-6H;2H. The van der Waals surface area contributed by atoms with Crippen molar-refractivity contribution in [1.29, 1.82) is 5.41 Å². The van der Waals surface area contributed by atoms with Crippen molar-refractivity contribution >= 4 is 17.0 Å². The minimum absolute atomic E-state index is 0.302. The van der Waals surface area contributed by atoms with Gasteiger partial charge in [-0.1, -0.05) is 18.2 Å². The maximum Gasteiger partial charge on any atom is 0.336 e. The van der Waals surface area contributed by atoms with Crippen molar-refractivity contribution in [2.45, 2.75) is 0 Å². The Kier molecular flexibility index (Phi) is 3.35. The summed E-state index contributed by atoms with van der Waals surface area (Å²) < 4.78 is 4.91. The number of nitrogens with one attached hydrogen (secondary N) is 1. The molecule has 0 aliphatic rings. The van der Waals surface area contributed by atoms with Crippen molar-refractivity contribution in [3.8, 4) is 0 Å². The SMILES string of the molecule is N=C=O.O=c1ccc2ccccc2o1. The molecule has 0 aliphatic carbocycles. The minimum atomic E-state index is -0.302. The number of carbonyl (C=O) groups excluding carboxylic acids is 1. The van der Waals surface area contributed by atoms with E-state index in [9.17, 15) is 4.79 Å². The van der Waals surface area contributed by atoms with Gasteiger partial charge in [0.15, 0.2) is 0 Å². The molecular weight excluding hydrogens is 182 g/mol. The second-order valence-electron chi connectivity index (χ2n) is 2.39. The van der Waals surface area contributed by atoms with Crippen LogP contribution in [0.4, 0.5) is 0 Å². The average molecular weight is 189 g/mol. The van der Waals surface area contributed by atoms with Crippen molar-refractivity contribution in [2.75, 3.05) is 0 Å². The smallest absolute Gasteiger partial charge is 0.336 e. The quantitative estimate of drug-likeness (QED) is 0.389. The molecule has 2 rings (SSSR count). The van der Waals surface area contributed by atoms with Gasteiger partial charge in [0.1, 0.15) is 5.58 Å². The van der Waals surface area contributed by atoms with E-state index in [0.29, 0.717) is 5.58 Å². The number of para-hydroxylation sites is 1. The molecule has 0 radical (unpaired) electrons. The molecule has 4 heteroatoms. The maximum atomic E-state index is 10.7. The third kappa shape index (κ3) is 2.40. The highest BCUT2D eigenvalue weighted by atomic mass is 16.4. The number of hydrogen-bond donors (Lipinski definition) is 1. The summed E-state index contributed by atoms with van der Waals surface area (Å²) in [6, 6.07) is 10.6. The fourth-order valence-corrected chi connectivity index (χ4v) is 1.01. The van der Waals surface area contributed by atoms with Gasteiger partial charge in [-0.2, -0.15) is 0 Å². The van der Waals surface area contributed by atoms with Crippen LogP contribution in [0, 0.1) is 5.41 Å². The Morgan fingerprint density at radius 1 is 1.14 bits per heavy atom. The van der Waals surface area contributed by atoms with E-state index in [2.05, 4.69) is 0 Å². The van der Waals surface area contributed by atoms with Crippen LogP contribution in [0.15, 0.2) is 45.6 Å². The highest BCUT2D eigenvalue weighted by Crippen LogP contribution is 2.08. The molecule has 0 atom stereocenters. The van der Waals surface area contributed by atoms with Crippen LogP contribution < -0.4 is 5.63 Å². The molecule has 0 unspecified atom stereocenters. The van der Waals surface area contributed by atoms with Gasteiger partial charge in [0.25, 0.3) is 0 Å². The lowest BCUT2D eigenvalue weighted by atomic mass is 10.2. The van der Waals surface area contributed by atoms with Gasteiger partial charge in [0.05, 0.1) is 0 Å². The molecule has 0 amide bonds. The molecule has 1 aromatic carbocycles. The van der Waals surface area contributed by atoms with E-state index < -0.39 is 0 Å². The Morgan fingerprint density at radius 2 is 1.79 bits per heavy atom. The molecule has 0 fully saturated rings. The van der Waals surface area contributed by atoms with Crippen molar-refractivity contribution in [3.63, 3.8) is 0 Å². The first-order valence-electron chi connectivity index (χ1n) is 3.80. The van der Waals surface area contributed by atoms with Crippen LogP contribution in [-0.4, -0.2) is 6.08 Å². The lowest BCUT2D eigenvalue weighted by Gasteiger charge is -1.91. The lowest BCUT2D eigenvalue weighted by molar-refractivity contribution is 0.561. The van der Waals surface area contributed by atoms with Crippen LogP contribution in [0.3, 0.4) is 0 Å². The van der Waals surface area contributed by atoms with Crippen molar-refractivity contribution in [2.24, 2.45) is 0 Å². The minimum Gasteiger partial charge on any atom is -0.423 e. The molecule has 2 aromatic rings. The van der Waals surface area contributed by atoms with Gasteiger partial charge < -0.3 is 4.42 Å². The van der Waals surface area contributed by atoms with Gasteiger partial charge in [0.2, 0.25) is 6.08 Å². The van der Waals surface area contributed by atoms with E-state index in [1.165, 1.54) is 6.07 Å². The topological polar surface area (TPSA) is 71.1 Å². The number of rotatable bonds is 0. The molecule has 1 aromatic heterocycles. The molecule has 1 N–H and O–H groups in total. The molecule has 0 spiro atoms. The maximum absolute atomic E-state index is 10.7. The van der Waals surface area contributed by atoms with E-state index in [1.54, 1.807) is 12.1 Å². The Labute approximate surface area is 79.3 Å². The molecular formula is C10H7NO3. The predicted molar refractivity (Wildman–Crippen MR) is 50.9 cm³/mol. The van der Waals surface area contributed by atoms with Crippen LogP contribution in [-0.2, 0) is 4.79 Å². The normalized spacial score (nSPS) is 8.57. The van der Waals surface area contributed by atoms with Crippen LogP contribution in [0.1, 0.15) is 0 Å². The first kappa shape index (κ1) is 9.89. The second-order valence-corrected chi connectivity index (χ2v) is 2.39. The number of fused-ring (bicyclic) bond motifs is 1. The van der Waals surface area contributed by atoms with Crippen molar-refractivity contribution in [1.82, 2.24) is 0 Å². The van der Waals surface area contributed by atoms with Gasteiger partial charge in [-0.15, -0.1) is 0 Å².